The second-order valence-electron chi connectivity index (χ2n) is 14.0. The quantitative estimate of drug-likeness (QED) is 0.251. The van der Waals surface area contributed by atoms with Crippen LogP contribution in [0.2, 0.25) is 0 Å². The third-order valence-corrected chi connectivity index (χ3v) is 13.1. The summed E-state index contributed by atoms with van der Waals surface area (Å²) in [6, 6.07) is 3.11. The molecule has 2 aliphatic carbocycles. The lowest BCUT2D eigenvalue weighted by atomic mass is 10.1. The number of benzene rings is 1. The van der Waals surface area contributed by atoms with Gasteiger partial charge in [-0.1, -0.05) is 12.2 Å². The number of ether oxygens (including phenoxy) is 2. The highest BCUT2D eigenvalue weighted by Crippen LogP contribution is 2.47. The first-order valence-electron chi connectivity index (χ1n) is 17.2. The molecule has 2 fully saturated rings. The number of carbonyl (C=O) groups is 3. The molecule has 6 rings (SSSR count). The monoisotopic (exact) mass is 778 g/mol. The van der Waals surface area contributed by atoms with Gasteiger partial charge in [-0.3, -0.25) is 14.3 Å². The minimum Gasteiger partial charge on any atom is -0.496 e. The molecule has 18 heteroatoms. The summed E-state index contributed by atoms with van der Waals surface area (Å²) in [5.74, 6) is -1.27. The van der Waals surface area contributed by atoms with Crippen LogP contribution in [0.1, 0.15) is 63.1 Å². The fourth-order valence-corrected chi connectivity index (χ4v) is 8.31. The summed E-state index contributed by atoms with van der Waals surface area (Å²) in [5.41, 5.74) is -1.45. The molecule has 0 radical (unpaired) electrons. The highest BCUT2D eigenvalue weighted by molar-refractivity contribution is 7.91. The fraction of sp³-hybridized carbons (Fsp3) is 0.514. The van der Waals surface area contributed by atoms with Gasteiger partial charge in [-0.05, 0) is 64.5 Å². The SMILES string of the molecule is COc1ccc2c(OCCC3NC(=O)N(C)CCCC/C=C\C4CC4(C(=O)NS(=O)(=O)C4(C)CC4)NC3=O)cc(-c3nc(C(F)(F)F)cs3)nc2c1C. The molecule has 13 nitrogen and oxygen atoms in total. The molecule has 3 unspecified atom stereocenters. The number of hydrogen-bond donors (Lipinski definition) is 3. The standard InChI is InChI=1S/C35H41F3N6O7S2/c1-20-25(50-4)11-10-22-26(17-24(39-28(20)22)30-41-27(19-52-30)35(36,37)38)51-16-12-23-29(45)42-34(31(46)43-53(48,49)33(2)13-14-33)18-21(34)9-7-5-6-8-15-44(3)32(47)40-23/h7,9-11,17,19,21,23H,5-6,8,12-16,18H2,1-4H3,(H,40,47)(H,42,45)(H,43,46)/b9-7-. The molecule has 2 aromatic heterocycles. The zero-order valence-electron chi connectivity index (χ0n) is 29.6. The van der Waals surface area contributed by atoms with Gasteiger partial charge in [0.05, 0.1) is 24.0 Å². The first kappa shape index (κ1) is 38.3. The fourth-order valence-electron chi connectivity index (χ4n) is 6.21. The normalized spacial score (nSPS) is 23.9. The number of amides is 4. The number of halogens is 3. The number of rotatable bonds is 9. The van der Waals surface area contributed by atoms with Crippen molar-refractivity contribution in [3.8, 4) is 22.2 Å². The van der Waals surface area contributed by atoms with Crippen LogP contribution in [0.4, 0.5) is 18.0 Å². The van der Waals surface area contributed by atoms with Crippen molar-refractivity contribution in [3.05, 3.63) is 47.0 Å². The number of sulfonamides is 1. The Balaban J connectivity index is 1.28. The van der Waals surface area contributed by atoms with E-state index in [1.165, 1.54) is 18.1 Å². The molecule has 3 atom stereocenters. The van der Waals surface area contributed by atoms with Crippen LogP contribution in [-0.4, -0.2) is 84.8 Å². The van der Waals surface area contributed by atoms with Crippen LogP contribution in [0.3, 0.4) is 0 Å². The van der Waals surface area contributed by atoms with Gasteiger partial charge in [0.25, 0.3) is 5.91 Å². The lowest BCUT2D eigenvalue weighted by Gasteiger charge is -2.26. The van der Waals surface area contributed by atoms with E-state index in [4.69, 9.17) is 9.47 Å². The summed E-state index contributed by atoms with van der Waals surface area (Å²) >= 11 is 0.777. The Kier molecular flexibility index (Phi) is 10.4. The number of hydrogen-bond acceptors (Lipinski definition) is 10. The van der Waals surface area contributed by atoms with Gasteiger partial charge in [0, 0.05) is 48.3 Å². The number of thiazole rings is 1. The van der Waals surface area contributed by atoms with Crippen molar-refractivity contribution < 1.29 is 45.4 Å². The third-order valence-electron chi connectivity index (χ3n) is 10.1. The Bertz CT molecular complexity index is 2070. The van der Waals surface area contributed by atoms with Crippen molar-refractivity contribution in [2.75, 3.05) is 27.3 Å². The smallest absolute Gasteiger partial charge is 0.434 e. The predicted molar refractivity (Wildman–Crippen MR) is 191 cm³/mol. The van der Waals surface area contributed by atoms with Crippen LogP contribution < -0.4 is 24.8 Å². The minimum absolute atomic E-state index is 0.0151. The number of carbonyl (C=O) groups excluding carboxylic acids is 3. The van der Waals surface area contributed by atoms with Gasteiger partial charge in [0.1, 0.15) is 33.8 Å². The maximum absolute atomic E-state index is 14.0. The van der Waals surface area contributed by atoms with E-state index in [0.29, 0.717) is 54.4 Å². The molecule has 0 bridgehead atoms. The van der Waals surface area contributed by atoms with E-state index < -0.39 is 62.0 Å². The molecular weight excluding hydrogens is 738 g/mol. The van der Waals surface area contributed by atoms with Crippen molar-refractivity contribution in [1.82, 2.24) is 30.2 Å². The molecule has 0 saturated heterocycles. The van der Waals surface area contributed by atoms with Crippen molar-refractivity contribution in [1.29, 1.82) is 0 Å². The first-order valence-corrected chi connectivity index (χ1v) is 19.6. The number of pyridine rings is 1. The van der Waals surface area contributed by atoms with Crippen LogP contribution in [0.15, 0.2) is 35.7 Å². The average Bonchev–Trinajstić information content (AvgIpc) is 3.96. The summed E-state index contributed by atoms with van der Waals surface area (Å²) in [6.07, 6.45) is 2.12. The molecular formula is C35H41F3N6O7S2. The largest absolute Gasteiger partial charge is 0.496 e. The van der Waals surface area contributed by atoms with Crippen molar-refractivity contribution in [3.63, 3.8) is 0 Å². The zero-order valence-corrected chi connectivity index (χ0v) is 31.3. The highest BCUT2D eigenvalue weighted by Gasteiger charge is 2.62. The number of nitrogens with zero attached hydrogens (tertiary/aromatic N) is 3. The summed E-state index contributed by atoms with van der Waals surface area (Å²) < 4.78 is 79.0. The second kappa shape index (κ2) is 14.4. The molecule has 4 amide bonds. The summed E-state index contributed by atoms with van der Waals surface area (Å²) in [5, 5.41) is 6.94. The van der Waals surface area contributed by atoms with Gasteiger partial charge in [0.2, 0.25) is 15.9 Å². The van der Waals surface area contributed by atoms with Gasteiger partial charge < -0.3 is 25.0 Å². The van der Waals surface area contributed by atoms with Gasteiger partial charge in [-0.2, -0.15) is 13.2 Å². The number of aryl methyl sites for hydroxylation is 1. The molecule has 1 aliphatic heterocycles. The van der Waals surface area contributed by atoms with E-state index in [9.17, 15) is 36.0 Å². The Hall–Kier alpha value is -4.45. The van der Waals surface area contributed by atoms with Gasteiger partial charge in [-0.15, -0.1) is 11.3 Å². The van der Waals surface area contributed by atoms with Crippen molar-refractivity contribution in [2.24, 2.45) is 5.92 Å². The lowest BCUT2D eigenvalue weighted by molar-refractivity contribution is -0.140. The molecule has 3 heterocycles. The Morgan fingerprint density at radius 1 is 1.17 bits per heavy atom. The second-order valence-corrected chi connectivity index (χ2v) is 17.0. The number of alkyl halides is 3. The zero-order chi connectivity index (χ0) is 38.3. The first-order chi connectivity index (χ1) is 25.0. The van der Waals surface area contributed by atoms with Gasteiger partial charge >= 0.3 is 12.2 Å². The van der Waals surface area contributed by atoms with Crippen molar-refractivity contribution in [2.45, 2.75) is 81.3 Å². The van der Waals surface area contributed by atoms with Gasteiger partial charge in [-0.25, -0.2) is 23.2 Å². The molecule has 3 aromatic rings. The van der Waals surface area contributed by atoms with Gasteiger partial charge in [0.15, 0.2) is 5.69 Å². The number of aromatic nitrogens is 2. The van der Waals surface area contributed by atoms with E-state index in [-0.39, 0.29) is 35.9 Å². The van der Waals surface area contributed by atoms with E-state index >= 15 is 0 Å². The highest BCUT2D eigenvalue weighted by atomic mass is 32.2. The molecule has 2 saturated carbocycles. The van der Waals surface area contributed by atoms with Crippen LogP contribution in [-0.2, 0) is 25.8 Å². The van der Waals surface area contributed by atoms with E-state index in [2.05, 4.69) is 25.3 Å². The topological polar surface area (TPSA) is 169 Å². The van der Waals surface area contributed by atoms with E-state index in [0.717, 1.165) is 23.1 Å². The average molecular weight is 779 g/mol. The molecule has 3 aliphatic rings. The number of urea groups is 1. The maximum atomic E-state index is 14.0. The number of methoxy groups -OCH3 is 1. The number of nitrogens with one attached hydrogen (secondary N) is 3. The molecule has 53 heavy (non-hydrogen) atoms. The minimum atomic E-state index is -4.64. The molecule has 0 spiro atoms. The van der Waals surface area contributed by atoms with E-state index in [1.807, 2.05) is 12.2 Å². The Morgan fingerprint density at radius 2 is 1.92 bits per heavy atom. The number of allylic oxidation sites excluding steroid dienone is 1. The summed E-state index contributed by atoms with van der Waals surface area (Å²) in [6.45, 7) is 3.58. The van der Waals surface area contributed by atoms with Crippen LogP contribution in [0.5, 0.6) is 11.5 Å². The van der Waals surface area contributed by atoms with Crippen LogP contribution in [0, 0.1) is 12.8 Å². The van der Waals surface area contributed by atoms with Crippen molar-refractivity contribution >= 4 is 50.1 Å². The van der Waals surface area contributed by atoms with Crippen LogP contribution >= 0.6 is 11.3 Å². The Labute approximate surface area is 308 Å². The maximum Gasteiger partial charge on any atom is 0.434 e. The number of fused-ring (bicyclic) bond motifs is 2. The summed E-state index contributed by atoms with van der Waals surface area (Å²) in [4.78, 5) is 50.6. The third kappa shape index (κ3) is 7.93. The Morgan fingerprint density at radius 3 is 2.60 bits per heavy atom. The molecule has 1 aromatic carbocycles. The lowest BCUT2D eigenvalue weighted by Crippen LogP contribution is -2.58. The predicted octanol–water partition coefficient (Wildman–Crippen LogP) is 5.09. The summed E-state index contributed by atoms with van der Waals surface area (Å²) in [7, 11) is -0.918. The molecule has 3 N–H and O–H groups in total. The molecule has 286 valence electrons. The van der Waals surface area contributed by atoms with Crippen LogP contribution in [0.25, 0.3) is 21.6 Å². The van der Waals surface area contributed by atoms with E-state index in [1.54, 1.807) is 33.0 Å².